The second-order valence-corrected chi connectivity index (χ2v) is 6.05. The van der Waals surface area contributed by atoms with Crippen molar-refractivity contribution in [3.05, 3.63) is 48.7 Å². The maximum Gasteiger partial charge on any atom is 0.433 e. The highest BCUT2D eigenvalue weighted by Gasteiger charge is 2.33. The van der Waals surface area contributed by atoms with E-state index in [0.717, 1.165) is 6.07 Å². The first-order chi connectivity index (χ1) is 9.20. The maximum absolute atomic E-state index is 12.8. The van der Waals surface area contributed by atoms with Gasteiger partial charge < -0.3 is 0 Å². The van der Waals surface area contributed by atoms with E-state index in [1.807, 2.05) is 0 Å². The molecule has 8 heteroatoms. The standard InChI is InChI=1S/C12H4Cl3F3IN/c13-7-2-1-6(10(14)11(7)15)5-3-8(12(16,17)18)20-9(19)4-5/h1-4H. The number of pyridine rings is 1. The molecule has 1 aromatic carbocycles. The number of hydrogen-bond donors (Lipinski definition) is 0. The summed E-state index contributed by atoms with van der Waals surface area (Å²) in [5.74, 6) is 0. The molecule has 20 heavy (non-hydrogen) atoms. The Labute approximate surface area is 141 Å². The van der Waals surface area contributed by atoms with Crippen LogP contribution in [-0.2, 0) is 6.18 Å². The Balaban J connectivity index is 2.65. The molecule has 0 saturated carbocycles. The van der Waals surface area contributed by atoms with E-state index < -0.39 is 11.9 Å². The van der Waals surface area contributed by atoms with E-state index in [-0.39, 0.29) is 24.3 Å². The minimum Gasteiger partial charge on any atom is -0.237 e. The van der Waals surface area contributed by atoms with Gasteiger partial charge in [0.25, 0.3) is 0 Å². The molecular formula is C12H4Cl3F3IN. The van der Waals surface area contributed by atoms with Crippen LogP contribution in [0.5, 0.6) is 0 Å². The number of hydrogen-bond acceptors (Lipinski definition) is 1. The van der Waals surface area contributed by atoms with Gasteiger partial charge in [-0.05, 0) is 46.4 Å². The zero-order valence-corrected chi connectivity index (χ0v) is 13.8. The average molecular weight is 452 g/mol. The molecule has 0 aliphatic rings. The van der Waals surface area contributed by atoms with Gasteiger partial charge in [0.05, 0.1) is 15.1 Å². The van der Waals surface area contributed by atoms with Crippen LogP contribution in [0.1, 0.15) is 5.69 Å². The first-order valence-corrected chi connectivity index (χ1v) is 7.30. The van der Waals surface area contributed by atoms with Gasteiger partial charge in [0.1, 0.15) is 9.39 Å². The minimum atomic E-state index is -4.53. The van der Waals surface area contributed by atoms with Gasteiger partial charge >= 0.3 is 6.18 Å². The molecule has 0 spiro atoms. The second-order valence-electron chi connectivity index (χ2n) is 3.78. The van der Waals surface area contributed by atoms with E-state index in [2.05, 4.69) is 4.98 Å². The van der Waals surface area contributed by atoms with Crippen molar-refractivity contribution < 1.29 is 13.2 Å². The van der Waals surface area contributed by atoms with Gasteiger partial charge in [0, 0.05) is 5.56 Å². The van der Waals surface area contributed by atoms with E-state index in [1.54, 1.807) is 22.6 Å². The van der Waals surface area contributed by atoms with Crippen molar-refractivity contribution in [1.29, 1.82) is 0 Å². The SMILES string of the molecule is FC(F)(F)c1cc(-c2ccc(Cl)c(Cl)c2Cl)cc(I)n1. The molecule has 0 bridgehead atoms. The van der Waals surface area contributed by atoms with Crippen LogP contribution in [0.3, 0.4) is 0 Å². The zero-order valence-electron chi connectivity index (χ0n) is 9.40. The molecule has 0 unspecified atom stereocenters. The highest BCUT2D eigenvalue weighted by molar-refractivity contribution is 14.1. The molecule has 1 heterocycles. The zero-order chi connectivity index (χ0) is 15.1. The highest BCUT2D eigenvalue weighted by atomic mass is 127. The summed E-state index contributed by atoms with van der Waals surface area (Å²) in [6, 6.07) is 5.41. The summed E-state index contributed by atoms with van der Waals surface area (Å²) in [6.07, 6.45) is -4.53. The molecule has 0 aliphatic carbocycles. The van der Waals surface area contributed by atoms with E-state index in [9.17, 15) is 13.2 Å². The van der Waals surface area contributed by atoms with Crippen LogP contribution in [0.4, 0.5) is 13.2 Å². The van der Waals surface area contributed by atoms with Crippen molar-refractivity contribution in [3.8, 4) is 11.1 Å². The number of alkyl halides is 3. The van der Waals surface area contributed by atoms with Crippen molar-refractivity contribution >= 4 is 57.4 Å². The lowest BCUT2D eigenvalue weighted by molar-refractivity contribution is -0.141. The first-order valence-electron chi connectivity index (χ1n) is 5.09. The summed E-state index contributed by atoms with van der Waals surface area (Å²) in [5, 5.41) is 0.445. The minimum absolute atomic E-state index is 0.103. The van der Waals surface area contributed by atoms with E-state index >= 15 is 0 Å². The molecule has 0 atom stereocenters. The van der Waals surface area contributed by atoms with E-state index in [1.165, 1.54) is 18.2 Å². The maximum atomic E-state index is 12.8. The van der Waals surface area contributed by atoms with Gasteiger partial charge in [-0.1, -0.05) is 40.9 Å². The average Bonchev–Trinajstić information content (AvgIpc) is 2.34. The molecule has 0 fully saturated rings. The van der Waals surface area contributed by atoms with Crippen LogP contribution in [0, 0.1) is 3.70 Å². The van der Waals surface area contributed by atoms with Gasteiger partial charge in [-0.2, -0.15) is 13.2 Å². The highest BCUT2D eigenvalue weighted by Crippen LogP contribution is 2.39. The summed E-state index contributed by atoms with van der Waals surface area (Å²) in [4.78, 5) is 3.46. The Kier molecular flexibility index (Phi) is 4.73. The topological polar surface area (TPSA) is 12.9 Å². The summed E-state index contributed by atoms with van der Waals surface area (Å²) < 4.78 is 38.5. The monoisotopic (exact) mass is 451 g/mol. The van der Waals surface area contributed by atoms with Gasteiger partial charge in [-0.3, -0.25) is 0 Å². The molecule has 0 aliphatic heterocycles. The molecule has 0 saturated heterocycles. The molecule has 1 aromatic heterocycles. The third-order valence-electron chi connectivity index (χ3n) is 2.43. The van der Waals surface area contributed by atoms with Crippen LogP contribution in [0.15, 0.2) is 24.3 Å². The Morgan fingerprint density at radius 1 is 1.00 bits per heavy atom. The van der Waals surface area contributed by atoms with E-state index in [0.29, 0.717) is 5.56 Å². The van der Waals surface area contributed by atoms with Crippen LogP contribution in [0.25, 0.3) is 11.1 Å². The Morgan fingerprint density at radius 3 is 2.25 bits per heavy atom. The fraction of sp³-hybridized carbons (Fsp3) is 0.0833. The third-order valence-corrected chi connectivity index (χ3v) is 4.28. The second kappa shape index (κ2) is 5.87. The fourth-order valence-corrected chi connectivity index (χ4v) is 2.79. The molecule has 2 rings (SSSR count). The van der Waals surface area contributed by atoms with Crippen molar-refractivity contribution in [2.45, 2.75) is 6.18 Å². The largest absolute Gasteiger partial charge is 0.433 e. The molecular weight excluding hydrogens is 448 g/mol. The Hall–Kier alpha value is -0.240. The molecule has 2 aromatic rings. The van der Waals surface area contributed by atoms with Crippen LogP contribution in [0.2, 0.25) is 15.1 Å². The molecule has 106 valence electrons. The first kappa shape index (κ1) is 16.1. The van der Waals surface area contributed by atoms with Gasteiger partial charge in [0.15, 0.2) is 0 Å². The van der Waals surface area contributed by atoms with Crippen LogP contribution in [-0.4, -0.2) is 4.98 Å². The van der Waals surface area contributed by atoms with Crippen LogP contribution >= 0.6 is 57.4 Å². The van der Waals surface area contributed by atoms with Gasteiger partial charge in [-0.15, -0.1) is 0 Å². The Morgan fingerprint density at radius 2 is 1.65 bits per heavy atom. The Bertz CT molecular complexity index is 674. The lowest BCUT2D eigenvalue weighted by Gasteiger charge is -2.11. The molecule has 0 radical (unpaired) electrons. The van der Waals surface area contributed by atoms with Gasteiger partial charge in [0.2, 0.25) is 0 Å². The third kappa shape index (κ3) is 3.32. The summed E-state index contributed by atoms with van der Waals surface area (Å²) in [5.41, 5.74) is -0.339. The number of rotatable bonds is 1. The summed E-state index contributed by atoms with van der Waals surface area (Å²) in [7, 11) is 0. The molecule has 1 nitrogen and oxygen atoms in total. The van der Waals surface area contributed by atoms with Crippen molar-refractivity contribution in [1.82, 2.24) is 4.98 Å². The van der Waals surface area contributed by atoms with Crippen molar-refractivity contribution in [3.63, 3.8) is 0 Å². The smallest absolute Gasteiger partial charge is 0.237 e. The predicted molar refractivity (Wildman–Crippen MR) is 82.4 cm³/mol. The lowest BCUT2D eigenvalue weighted by Crippen LogP contribution is -2.09. The lowest BCUT2D eigenvalue weighted by atomic mass is 10.1. The summed E-state index contributed by atoms with van der Waals surface area (Å²) in [6.45, 7) is 0. The molecule has 0 N–H and O–H groups in total. The van der Waals surface area contributed by atoms with E-state index in [4.69, 9.17) is 34.8 Å². The van der Waals surface area contributed by atoms with Crippen molar-refractivity contribution in [2.75, 3.05) is 0 Å². The van der Waals surface area contributed by atoms with Crippen molar-refractivity contribution in [2.24, 2.45) is 0 Å². The predicted octanol–water partition coefficient (Wildman–Crippen LogP) is 6.33. The summed E-state index contributed by atoms with van der Waals surface area (Å²) >= 11 is 19.4. The molecule has 0 amide bonds. The number of halogens is 7. The van der Waals surface area contributed by atoms with Crippen LogP contribution < -0.4 is 0 Å². The van der Waals surface area contributed by atoms with Gasteiger partial charge in [-0.25, -0.2) is 4.98 Å². The fourth-order valence-electron chi connectivity index (χ4n) is 1.55. The normalized spacial score (nSPS) is 11.8. The number of benzene rings is 1. The number of nitrogens with zero attached hydrogens (tertiary/aromatic N) is 1. The quantitative estimate of drug-likeness (QED) is 0.280. The number of aromatic nitrogens is 1.